The molecule has 41 heavy (non-hydrogen) atoms. The minimum Gasteiger partial charge on any atom is -0.493 e. The van der Waals surface area contributed by atoms with Crippen LogP contribution >= 0.6 is 0 Å². The highest BCUT2D eigenvalue weighted by Crippen LogP contribution is 2.21. The van der Waals surface area contributed by atoms with E-state index < -0.39 is 11.9 Å². The quantitative estimate of drug-likeness (QED) is 0.131. The third-order valence-corrected chi connectivity index (χ3v) is 7.02. The summed E-state index contributed by atoms with van der Waals surface area (Å²) in [5.41, 5.74) is 4.15. The van der Waals surface area contributed by atoms with Gasteiger partial charge in [0.15, 0.2) is 11.5 Å². The van der Waals surface area contributed by atoms with E-state index >= 15 is 0 Å². The largest absolute Gasteiger partial charge is 0.493 e. The van der Waals surface area contributed by atoms with Crippen LogP contribution in [0.5, 0.6) is 5.75 Å². The first-order valence-electron chi connectivity index (χ1n) is 14.3. The molecule has 0 aliphatic heterocycles. The fourth-order valence-electron chi connectivity index (χ4n) is 4.79. The van der Waals surface area contributed by atoms with Crippen molar-refractivity contribution in [1.29, 1.82) is 0 Å². The maximum Gasteiger partial charge on any atom is 0.335 e. The fraction of sp³-hybridized carbons (Fsp3) is 0.364. The van der Waals surface area contributed by atoms with Crippen LogP contribution in [0.25, 0.3) is 11.1 Å². The number of hydrogen-bond donors (Lipinski definition) is 2. The molecule has 1 heterocycles. The lowest BCUT2D eigenvalue weighted by Crippen LogP contribution is -2.27. The summed E-state index contributed by atoms with van der Waals surface area (Å²) in [5, 5.41) is 18.2. The number of hydrogen-bond acceptors (Lipinski definition) is 6. The Morgan fingerprint density at radius 3 is 2.37 bits per heavy atom. The van der Waals surface area contributed by atoms with Crippen molar-refractivity contribution in [1.82, 2.24) is 9.88 Å². The zero-order valence-corrected chi connectivity index (χ0v) is 23.3. The highest BCUT2D eigenvalue weighted by molar-refractivity contribution is 5.87. The Kier molecular flexibility index (Phi) is 11.3. The van der Waals surface area contributed by atoms with Gasteiger partial charge in [-0.05, 0) is 86.5 Å². The molecular formula is C33H38N2O6. The number of oxazole rings is 1. The van der Waals surface area contributed by atoms with Gasteiger partial charge in [0.05, 0.1) is 12.2 Å². The molecule has 216 valence electrons. The summed E-state index contributed by atoms with van der Waals surface area (Å²) in [4.78, 5) is 29.0. The number of rotatable bonds is 18. The molecule has 8 heteroatoms. The molecule has 4 aromatic rings. The number of carboxylic acid groups (broad SMARTS) is 2. The van der Waals surface area contributed by atoms with E-state index in [0.717, 1.165) is 85.5 Å². The van der Waals surface area contributed by atoms with Gasteiger partial charge < -0.3 is 19.4 Å². The average molecular weight is 559 g/mol. The maximum atomic E-state index is 11.2. The van der Waals surface area contributed by atoms with Crippen LogP contribution in [0.1, 0.15) is 65.9 Å². The summed E-state index contributed by atoms with van der Waals surface area (Å²) in [5.74, 6) is -0.0501. The van der Waals surface area contributed by atoms with E-state index in [0.29, 0.717) is 19.6 Å². The lowest BCUT2D eigenvalue weighted by Gasteiger charge is -2.23. The number of para-hydroxylation sites is 3. The van der Waals surface area contributed by atoms with Gasteiger partial charge in [-0.1, -0.05) is 42.5 Å². The molecule has 0 fully saturated rings. The second-order valence-corrected chi connectivity index (χ2v) is 10.2. The first-order valence-corrected chi connectivity index (χ1v) is 14.3. The molecule has 0 atom stereocenters. The molecule has 0 amide bonds. The number of aromatic nitrogens is 1. The van der Waals surface area contributed by atoms with Crippen molar-refractivity contribution in [3.63, 3.8) is 0 Å². The smallest absolute Gasteiger partial charge is 0.335 e. The van der Waals surface area contributed by atoms with Crippen LogP contribution in [0.2, 0.25) is 0 Å². The van der Waals surface area contributed by atoms with Crippen LogP contribution in [0.3, 0.4) is 0 Å². The summed E-state index contributed by atoms with van der Waals surface area (Å²) in [6.45, 7) is 2.84. The summed E-state index contributed by atoms with van der Waals surface area (Å²) in [6.07, 6.45) is 6.11. The summed E-state index contributed by atoms with van der Waals surface area (Å²) in [6, 6.07) is 22.8. The zero-order valence-electron chi connectivity index (χ0n) is 23.3. The van der Waals surface area contributed by atoms with Crippen molar-refractivity contribution < 1.29 is 29.0 Å². The molecule has 0 bridgehead atoms. The molecular weight excluding hydrogens is 520 g/mol. The van der Waals surface area contributed by atoms with Gasteiger partial charge in [-0.15, -0.1) is 0 Å². The Morgan fingerprint density at radius 2 is 1.59 bits per heavy atom. The van der Waals surface area contributed by atoms with Gasteiger partial charge in [-0.3, -0.25) is 9.69 Å². The van der Waals surface area contributed by atoms with Gasteiger partial charge >= 0.3 is 11.9 Å². The van der Waals surface area contributed by atoms with E-state index in [1.807, 2.05) is 54.6 Å². The van der Waals surface area contributed by atoms with Crippen LogP contribution in [-0.2, 0) is 24.2 Å². The number of carboxylic acids is 2. The highest BCUT2D eigenvalue weighted by atomic mass is 16.5. The van der Waals surface area contributed by atoms with Gasteiger partial charge in [0.25, 0.3) is 0 Å². The van der Waals surface area contributed by atoms with Gasteiger partial charge in [-0.25, -0.2) is 9.78 Å². The van der Waals surface area contributed by atoms with Gasteiger partial charge in [0, 0.05) is 25.9 Å². The Labute approximate surface area is 240 Å². The molecule has 4 rings (SSSR count). The molecule has 3 aromatic carbocycles. The van der Waals surface area contributed by atoms with Crippen molar-refractivity contribution in [2.24, 2.45) is 0 Å². The van der Waals surface area contributed by atoms with Gasteiger partial charge in [-0.2, -0.15) is 0 Å². The number of fused-ring (bicyclic) bond motifs is 1. The van der Waals surface area contributed by atoms with Crippen molar-refractivity contribution in [2.45, 2.75) is 57.9 Å². The molecule has 8 nitrogen and oxygen atoms in total. The highest BCUT2D eigenvalue weighted by Gasteiger charge is 2.11. The number of aryl methyl sites for hydroxylation is 1. The second-order valence-electron chi connectivity index (χ2n) is 10.2. The summed E-state index contributed by atoms with van der Waals surface area (Å²) in [7, 11) is 0. The second kappa shape index (κ2) is 15.6. The number of aliphatic carboxylic acids is 1. The number of benzene rings is 3. The normalized spacial score (nSPS) is 11.2. The Hall–Kier alpha value is -4.17. The number of ether oxygens (including phenoxy) is 1. The van der Waals surface area contributed by atoms with Crippen LogP contribution in [0.4, 0.5) is 0 Å². The van der Waals surface area contributed by atoms with Crippen molar-refractivity contribution in [2.75, 3.05) is 19.7 Å². The first-order chi connectivity index (χ1) is 20.0. The lowest BCUT2D eigenvalue weighted by atomic mass is 10.1. The predicted octanol–water partition coefficient (Wildman–Crippen LogP) is 6.62. The van der Waals surface area contributed by atoms with Crippen LogP contribution in [-0.4, -0.2) is 51.7 Å². The van der Waals surface area contributed by atoms with Crippen LogP contribution in [0.15, 0.2) is 77.2 Å². The Morgan fingerprint density at radius 1 is 0.805 bits per heavy atom. The molecule has 0 aliphatic carbocycles. The maximum absolute atomic E-state index is 11.2. The predicted molar refractivity (Wildman–Crippen MR) is 157 cm³/mol. The summed E-state index contributed by atoms with van der Waals surface area (Å²) >= 11 is 0. The third-order valence-electron chi connectivity index (χ3n) is 7.02. The molecule has 2 N–H and O–H groups in total. The average Bonchev–Trinajstić information content (AvgIpc) is 3.39. The van der Waals surface area contributed by atoms with Gasteiger partial charge in [0.2, 0.25) is 0 Å². The van der Waals surface area contributed by atoms with E-state index in [2.05, 4.69) is 16.0 Å². The van der Waals surface area contributed by atoms with E-state index in [1.54, 1.807) is 12.1 Å². The van der Waals surface area contributed by atoms with Crippen LogP contribution in [0, 0.1) is 0 Å². The van der Waals surface area contributed by atoms with Gasteiger partial charge in [0.1, 0.15) is 11.3 Å². The van der Waals surface area contributed by atoms with E-state index in [-0.39, 0.29) is 12.0 Å². The Balaban J connectivity index is 1.25. The van der Waals surface area contributed by atoms with Crippen molar-refractivity contribution in [3.8, 4) is 5.75 Å². The Bertz CT molecular complexity index is 1370. The number of carbonyl (C=O) groups is 2. The fourth-order valence-corrected chi connectivity index (χ4v) is 4.79. The van der Waals surface area contributed by atoms with E-state index in [4.69, 9.17) is 14.3 Å². The number of unbranched alkanes of at least 4 members (excludes halogenated alkanes) is 3. The topological polar surface area (TPSA) is 113 Å². The number of nitrogens with zero attached hydrogens (tertiary/aromatic N) is 2. The van der Waals surface area contributed by atoms with Crippen molar-refractivity contribution in [3.05, 3.63) is 95.4 Å². The molecule has 0 saturated heterocycles. The monoisotopic (exact) mass is 558 g/mol. The third kappa shape index (κ3) is 9.76. The minimum atomic E-state index is -0.943. The zero-order chi connectivity index (χ0) is 28.9. The lowest BCUT2D eigenvalue weighted by molar-refractivity contribution is -0.137. The molecule has 0 unspecified atom stereocenters. The standard InChI is InChI=1S/C33H38N2O6/c36-32(37)15-7-8-21-35(24-25-16-18-27(19-17-25)33(38)39)22-20-26-10-3-5-12-29(26)40-23-9-1-2-14-31-34-28-11-4-6-13-30(28)41-31/h3-6,10-13,16-19H,1-2,7-9,14-15,20-24H2,(H,36,37)(H,38,39). The molecule has 0 saturated carbocycles. The van der Waals surface area contributed by atoms with E-state index in [1.165, 1.54) is 0 Å². The molecule has 0 aliphatic rings. The SMILES string of the molecule is O=C(O)CCCCN(CCc1ccccc1OCCCCCc1nc2ccccc2o1)Cc1ccc(C(=O)O)cc1. The molecule has 1 aromatic heterocycles. The van der Waals surface area contributed by atoms with Crippen molar-refractivity contribution >= 4 is 23.0 Å². The van der Waals surface area contributed by atoms with Crippen LogP contribution < -0.4 is 4.74 Å². The molecule has 0 radical (unpaired) electrons. The first kappa shape index (κ1) is 29.8. The molecule has 0 spiro atoms. The van der Waals surface area contributed by atoms with E-state index in [9.17, 15) is 14.7 Å². The summed E-state index contributed by atoms with van der Waals surface area (Å²) < 4.78 is 12.0. The number of aromatic carboxylic acids is 1. The minimum absolute atomic E-state index is 0.159.